The van der Waals surface area contributed by atoms with Crippen LogP contribution in [-0.4, -0.2) is 9.91 Å². The van der Waals surface area contributed by atoms with Gasteiger partial charge in [-0.3, -0.25) is 10.1 Å². The number of aryl methyl sites for hydroxylation is 1. The molecule has 0 fully saturated rings. The van der Waals surface area contributed by atoms with Gasteiger partial charge in [0.15, 0.2) is 17.1 Å². The summed E-state index contributed by atoms with van der Waals surface area (Å²) in [4.78, 5) is 14.6. The maximum absolute atomic E-state index is 13.8. The second kappa shape index (κ2) is 5.40. The van der Waals surface area contributed by atoms with E-state index in [0.717, 1.165) is 5.56 Å². The first-order valence-electron chi connectivity index (χ1n) is 6.52. The minimum absolute atomic E-state index is 0.0685. The normalized spacial score (nSPS) is 10.6. The minimum Gasteiger partial charge on any atom is -0.454 e. The zero-order valence-electron chi connectivity index (χ0n) is 11.6. The Morgan fingerprint density at radius 2 is 2.00 bits per heavy atom. The van der Waals surface area contributed by atoms with Crippen molar-refractivity contribution in [3.8, 4) is 11.5 Å². The van der Waals surface area contributed by atoms with Gasteiger partial charge in [0.1, 0.15) is 5.75 Å². The molecule has 0 saturated carbocycles. The molecule has 3 rings (SSSR count). The predicted molar refractivity (Wildman–Crippen MR) is 79.6 cm³/mol. The van der Waals surface area contributed by atoms with Crippen LogP contribution in [0.2, 0.25) is 0 Å². The Hall–Kier alpha value is -3.02. The maximum Gasteiger partial charge on any atom is 0.295 e. The number of rotatable bonds is 3. The van der Waals surface area contributed by atoms with Crippen LogP contribution in [0.1, 0.15) is 5.56 Å². The van der Waals surface area contributed by atoms with E-state index < -0.39 is 10.7 Å². The molecule has 0 aliphatic carbocycles. The number of non-ortho nitro benzene ring substituents is 1. The number of nitrogens with zero attached hydrogens (tertiary/aromatic N) is 2. The van der Waals surface area contributed by atoms with Gasteiger partial charge < -0.3 is 4.74 Å². The van der Waals surface area contributed by atoms with E-state index in [1.807, 2.05) is 6.92 Å². The number of aromatic nitrogens is 1. The molecule has 1 aromatic heterocycles. The van der Waals surface area contributed by atoms with E-state index in [9.17, 15) is 14.5 Å². The molecule has 0 N–H and O–H groups in total. The molecule has 3 aromatic rings. The van der Waals surface area contributed by atoms with Gasteiger partial charge in [-0.15, -0.1) is 0 Å². The van der Waals surface area contributed by atoms with Crippen molar-refractivity contribution in [2.45, 2.75) is 6.92 Å². The van der Waals surface area contributed by atoms with Crippen LogP contribution in [0.3, 0.4) is 0 Å². The molecule has 2 aromatic carbocycles. The van der Waals surface area contributed by atoms with E-state index in [-0.39, 0.29) is 17.0 Å². The molecule has 0 unspecified atom stereocenters. The largest absolute Gasteiger partial charge is 0.454 e. The molecule has 5 nitrogen and oxygen atoms in total. The van der Waals surface area contributed by atoms with Gasteiger partial charge in [-0.1, -0.05) is 12.1 Å². The number of nitro benzene ring substituents is 1. The lowest BCUT2D eigenvalue weighted by Crippen LogP contribution is -1.94. The third-order valence-corrected chi connectivity index (χ3v) is 3.21. The lowest BCUT2D eigenvalue weighted by atomic mass is 10.1. The van der Waals surface area contributed by atoms with Gasteiger partial charge in [0.05, 0.1) is 10.3 Å². The van der Waals surface area contributed by atoms with Crippen molar-refractivity contribution in [2.75, 3.05) is 0 Å². The Morgan fingerprint density at radius 3 is 2.77 bits per heavy atom. The molecular formula is C16H11FN2O3. The van der Waals surface area contributed by atoms with Crippen LogP contribution >= 0.6 is 0 Å². The smallest absolute Gasteiger partial charge is 0.295 e. The van der Waals surface area contributed by atoms with Crippen molar-refractivity contribution in [3.05, 3.63) is 70.2 Å². The summed E-state index contributed by atoms with van der Waals surface area (Å²) in [5, 5.41) is 11.5. The van der Waals surface area contributed by atoms with E-state index in [2.05, 4.69) is 4.98 Å². The average molecular weight is 298 g/mol. The second-order valence-electron chi connectivity index (χ2n) is 4.78. The van der Waals surface area contributed by atoms with Crippen LogP contribution < -0.4 is 4.74 Å². The Morgan fingerprint density at radius 1 is 1.18 bits per heavy atom. The van der Waals surface area contributed by atoms with Gasteiger partial charge in [0.25, 0.3) is 5.69 Å². The van der Waals surface area contributed by atoms with Gasteiger partial charge in [0, 0.05) is 12.3 Å². The molecule has 22 heavy (non-hydrogen) atoms. The van der Waals surface area contributed by atoms with E-state index in [1.54, 1.807) is 30.3 Å². The zero-order chi connectivity index (χ0) is 15.7. The Labute approximate surface area is 125 Å². The number of ether oxygens (including phenoxy) is 1. The maximum atomic E-state index is 13.8. The third kappa shape index (κ3) is 2.46. The fourth-order valence-corrected chi connectivity index (χ4v) is 2.18. The van der Waals surface area contributed by atoms with Gasteiger partial charge >= 0.3 is 0 Å². The molecule has 0 aliphatic heterocycles. The molecule has 0 spiro atoms. The van der Waals surface area contributed by atoms with E-state index >= 15 is 0 Å². The van der Waals surface area contributed by atoms with Crippen molar-refractivity contribution < 1.29 is 14.1 Å². The van der Waals surface area contributed by atoms with Crippen LogP contribution in [0.15, 0.2) is 48.7 Å². The Bertz CT molecular complexity index is 880. The third-order valence-electron chi connectivity index (χ3n) is 3.21. The van der Waals surface area contributed by atoms with Crippen molar-refractivity contribution in [1.82, 2.24) is 4.98 Å². The molecule has 110 valence electrons. The molecule has 0 bridgehead atoms. The molecule has 0 aliphatic rings. The Kier molecular flexibility index (Phi) is 3.42. The minimum atomic E-state index is -0.508. The molecule has 0 saturated heterocycles. The average Bonchev–Trinajstić information content (AvgIpc) is 2.50. The number of benzene rings is 2. The number of nitro groups is 1. The highest BCUT2D eigenvalue weighted by Crippen LogP contribution is 2.33. The number of hydrogen-bond acceptors (Lipinski definition) is 4. The number of para-hydroxylation sites is 1. The van der Waals surface area contributed by atoms with Crippen LogP contribution in [-0.2, 0) is 0 Å². The highest BCUT2D eigenvalue weighted by molar-refractivity contribution is 5.91. The summed E-state index contributed by atoms with van der Waals surface area (Å²) in [6, 6.07) is 10.6. The Balaban J connectivity index is 2.14. The summed E-state index contributed by atoms with van der Waals surface area (Å²) in [5.74, 6) is -0.113. The molecule has 1 heterocycles. The van der Waals surface area contributed by atoms with Crippen LogP contribution in [0.25, 0.3) is 10.9 Å². The summed E-state index contributed by atoms with van der Waals surface area (Å²) in [6.45, 7) is 1.82. The molecular weight excluding hydrogens is 287 g/mol. The first-order chi connectivity index (χ1) is 10.6. The van der Waals surface area contributed by atoms with Gasteiger partial charge in [-0.2, -0.15) is 0 Å². The zero-order valence-corrected chi connectivity index (χ0v) is 11.6. The van der Waals surface area contributed by atoms with Crippen molar-refractivity contribution in [2.24, 2.45) is 0 Å². The van der Waals surface area contributed by atoms with Crippen LogP contribution in [0, 0.1) is 22.9 Å². The quantitative estimate of drug-likeness (QED) is 0.531. The van der Waals surface area contributed by atoms with Crippen LogP contribution in [0.5, 0.6) is 11.5 Å². The first kappa shape index (κ1) is 13.9. The fourth-order valence-electron chi connectivity index (χ4n) is 2.18. The molecule has 0 radical (unpaired) electrons. The summed E-state index contributed by atoms with van der Waals surface area (Å²) in [5.41, 5.74) is 0.937. The van der Waals surface area contributed by atoms with Gasteiger partial charge in [-0.05, 0) is 36.8 Å². The summed E-state index contributed by atoms with van der Waals surface area (Å²) >= 11 is 0. The lowest BCUT2D eigenvalue weighted by molar-refractivity contribution is -0.383. The van der Waals surface area contributed by atoms with E-state index in [1.165, 1.54) is 18.3 Å². The number of halogens is 1. The highest BCUT2D eigenvalue weighted by Gasteiger charge is 2.16. The monoisotopic (exact) mass is 298 g/mol. The molecule has 6 heteroatoms. The topological polar surface area (TPSA) is 65.3 Å². The fraction of sp³-hybridized carbons (Fsp3) is 0.0625. The number of fused-ring (bicyclic) bond motifs is 1. The summed E-state index contributed by atoms with van der Waals surface area (Å²) in [7, 11) is 0. The van der Waals surface area contributed by atoms with Crippen molar-refractivity contribution >= 4 is 16.6 Å². The van der Waals surface area contributed by atoms with Gasteiger partial charge in [-0.25, -0.2) is 9.37 Å². The summed E-state index contributed by atoms with van der Waals surface area (Å²) < 4.78 is 19.4. The first-order valence-corrected chi connectivity index (χ1v) is 6.52. The molecule has 0 atom stereocenters. The van der Waals surface area contributed by atoms with Crippen molar-refractivity contribution in [1.29, 1.82) is 0 Å². The summed E-state index contributed by atoms with van der Waals surface area (Å²) in [6.07, 6.45) is 1.40. The standard InChI is InChI=1S/C16H11FN2O3/c1-10-5-6-12(17)15(9-10)22-14-7-8-18-16-11(14)3-2-4-13(16)19(20)21/h2-9H,1H3. The SMILES string of the molecule is Cc1ccc(F)c(Oc2ccnc3c([N+](=O)[O-])cccc23)c1. The molecule has 0 amide bonds. The van der Waals surface area contributed by atoms with Crippen molar-refractivity contribution in [3.63, 3.8) is 0 Å². The highest BCUT2D eigenvalue weighted by atomic mass is 19.1. The number of pyridine rings is 1. The predicted octanol–water partition coefficient (Wildman–Crippen LogP) is 4.38. The van der Waals surface area contributed by atoms with Crippen LogP contribution in [0.4, 0.5) is 10.1 Å². The number of hydrogen-bond donors (Lipinski definition) is 0. The lowest BCUT2D eigenvalue weighted by Gasteiger charge is -2.10. The van der Waals surface area contributed by atoms with Gasteiger partial charge in [0.2, 0.25) is 0 Å². The van der Waals surface area contributed by atoms with E-state index in [0.29, 0.717) is 11.1 Å². The second-order valence-corrected chi connectivity index (χ2v) is 4.78. The van der Waals surface area contributed by atoms with E-state index in [4.69, 9.17) is 4.74 Å².